The standard InChI is InChI=1S/C12H26N2/c1-7-8-14(6)12(5)11(4)9-13-10(2)3/h7,10-13H,1,8-9H2,2-6H3. The van der Waals surface area contributed by atoms with Gasteiger partial charge in [-0.25, -0.2) is 0 Å². The van der Waals surface area contributed by atoms with Gasteiger partial charge in [0.25, 0.3) is 0 Å². The van der Waals surface area contributed by atoms with E-state index in [4.69, 9.17) is 0 Å². The smallest absolute Gasteiger partial charge is 0.0160 e. The van der Waals surface area contributed by atoms with E-state index in [1.807, 2.05) is 6.08 Å². The molecular weight excluding hydrogens is 172 g/mol. The first-order chi connectivity index (χ1) is 6.49. The highest BCUT2D eigenvalue weighted by atomic mass is 15.1. The summed E-state index contributed by atoms with van der Waals surface area (Å²) < 4.78 is 0. The molecule has 0 spiro atoms. The average molecular weight is 198 g/mol. The van der Waals surface area contributed by atoms with E-state index in [0.29, 0.717) is 18.0 Å². The molecule has 84 valence electrons. The van der Waals surface area contributed by atoms with Gasteiger partial charge in [-0.15, -0.1) is 6.58 Å². The minimum Gasteiger partial charge on any atom is -0.314 e. The van der Waals surface area contributed by atoms with E-state index < -0.39 is 0 Å². The van der Waals surface area contributed by atoms with Crippen molar-refractivity contribution in [3.8, 4) is 0 Å². The van der Waals surface area contributed by atoms with Crippen LogP contribution in [0.25, 0.3) is 0 Å². The van der Waals surface area contributed by atoms with E-state index in [2.05, 4.69) is 51.5 Å². The number of hydrogen-bond acceptors (Lipinski definition) is 2. The van der Waals surface area contributed by atoms with Gasteiger partial charge in [-0.05, 0) is 26.4 Å². The quantitative estimate of drug-likeness (QED) is 0.630. The Hall–Kier alpha value is -0.340. The lowest BCUT2D eigenvalue weighted by Gasteiger charge is -2.29. The molecule has 0 radical (unpaired) electrons. The van der Waals surface area contributed by atoms with Crippen molar-refractivity contribution >= 4 is 0 Å². The fraction of sp³-hybridized carbons (Fsp3) is 0.833. The van der Waals surface area contributed by atoms with Gasteiger partial charge in [0, 0.05) is 18.6 Å². The van der Waals surface area contributed by atoms with E-state index >= 15 is 0 Å². The van der Waals surface area contributed by atoms with E-state index in [0.717, 1.165) is 13.1 Å². The van der Waals surface area contributed by atoms with E-state index in [1.165, 1.54) is 0 Å². The highest BCUT2D eigenvalue weighted by Crippen LogP contribution is 2.08. The molecule has 0 fully saturated rings. The Balaban J connectivity index is 3.84. The molecule has 0 aliphatic heterocycles. The number of hydrogen-bond donors (Lipinski definition) is 1. The molecule has 0 aromatic rings. The lowest BCUT2D eigenvalue weighted by atomic mass is 10.0. The van der Waals surface area contributed by atoms with Crippen molar-refractivity contribution in [2.24, 2.45) is 5.92 Å². The first-order valence-corrected chi connectivity index (χ1v) is 5.53. The molecule has 2 nitrogen and oxygen atoms in total. The molecule has 0 aliphatic carbocycles. The van der Waals surface area contributed by atoms with Crippen molar-refractivity contribution in [2.75, 3.05) is 20.1 Å². The third-order valence-electron chi connectivity index (χ3n) is 2.78. The Morgan fingerprint density at radius 1 is 1.29 bits per heavy atom. The van der Waals surface area contributed by atoms with Gasteiger partial charge in [0.15, 0.2) is 0 Å². The first-order valence-electron chi connectivity index (χ1n) is 5.53. The third kappa shape index (κ3) is 5.40. The zero-order valence-electron chi connectivity index (χ0n) is 10.4. The van der Waals surface area contributed by atoms with Crippen LogP contribution in [-0.2, 0) is 0 Å². The highest BCUT2D eigenvalue weighted by molar-refractivity contribution is 4.78. The average Bonchev–Trinajstić information content (AvgIpc) is 2.13. The van der Waals surface area contributed by atoms with Gasteiger partial charge < -0.3 is 5.32 Å². The van der Waals surface area contributed by atoms with Crippen LogP contribution in [0.15, 0.2) is 12.7 Å². The van der Waals surface area contributed by atoms with Crippen LogP contribution in [0.4, 0.5) is 0 Å². The SMILES string of the molecule is C=CCN(C)C(C)C(C)CNC(C)C. The Bertz CT molecular complexity index is 154. The van der Waals surface area contributed by atoms with Crippen LogP contribution in [0.1, 0.15) is 27.7 Å². The van der Waals surface area contributed by atoms with Gasteiger partial charge >= 0.3 is 0 Å². The molecule has 1 N–H and O–H groups in total. The zero-order valence-corrected chi connectivity index (χ0v) is 10.4. The predicted molar refractivity (Wildman–Crippen MR) is 64.6 cm³/mol. The lowest BCUT2D eigenvalue weighted by Crippen LogP contribution is -2.40. The van der Waals surface area contributed by atoms with Gasteiger partial charge in [-0.1, -0.05) is 26.8 Å². The summed E-state index contributed by atoms with van der Waals surface area (Å²) >= 11 is 0. The Morgan fingerprint density at radius 3 is 2.29 bits per heavy atom. The molecule has 2 heteroatoms. The molecule has 0 bridgehead atoms. The second-order valence-corrected chi connectivity index (χ2v) is 4.51. The van der Waals surface area contributed by atoms with Crippen LogP contribution in [0.2, 0.25) is 0 Å². The van der Waals surface area contributed by atoms with Crippen LogP contribution in [0.5, 0.6) is 0 Å². The summed E-state index contributed by atoms with van der Waals surface area (Å²) in [5, 5.41) is 3.47. The Kier molecular flexibility index (Phi) is 6.85. The third-order valence-corrected chi connectivity index (χ3v) is 2.78. The van der Waals surface area contributed by atoms with Gasteiger partial charge in [0.1, 0.15) is 0 Å². The molecule has 0 saturated carbocycles. The molecular formula is C12H26N2. The second-order valence-electron chi connectivity index (χ2n) is 4.51. The van der Waals surface area contributed by atoms with Gasteiger partial charge in [0.2, 0.25) is 0 Å². The summed E-state index contributed by atoms with van der Waals surface area (Å²) in [6.07, 6.45) is 1.96. The van der Waals surface area contributed by atoms with Crippen molar-refractivity contribution < 1.29 is 0 Å². The van der Waals surface area contributed by atoms with Gasteiger partial charge in [-0.2, -0.15) is 0 Å². The molecule has 0 rings (SSSR count). The summed E-state index contributed by atoms with van der Waals surface area (Å²) in [7, 11) is 2.15. The number of nitrogens with one attached hydrogen (secondary N) is 1. The molecule has 0 amide bonds. The molecule has 2 unspecified atom stereocenters. The maximum absolute atomic E-state index is 3.76. The largest absolute Gasteiger partial charge is 0.314 e. The van der Waals surface area contributed by atoms with Gasteiger partial charge in [0.05, 0.1) is 0 Å². The molecule has 14 heavy (non-hydrogen) atoms. The summed E-state index contributed by atoms with van der Waals surface area (Å²) in [6.45, 7) is 14.7. The summed E-state index contributed by atoms with van der Waals surface area (Å²) in [4.78, 5) is 2.33. The van der Waals surface area contributed by atoms with Crippen LogP contribution >= 0.6 is 0 Å². The predicted octanol–water partition coefficient (Wildman–Crippen LogP) is 2.13. The lowest BCUT2D eigenvalue weighted by molar-refractivity contribution is 0.212. The van der Waals surface area contributed by atoms with Crippen molar-refractivity contribution in [3.63, 3.8) is 0 Å². The minimum atomic E-state index is 0.578. The van der Waals surface area contributed by atoms with Crippen molar-refractivity contribution in [1.29, 1.82) is 0 Å². The van der Waals surface area contributed by atoms with Crippen LogP contribution in [0.3, 0.4) is 0 Å². The monoisotopic (exact) mass is 198 g/mol. The fourth-order valence-electron chi connectivity index (χ4n) is 1.40. The Morgan fingerprint density at radius 2 is 1.86 bits per heavy atom. The van der Waals surface area contributed by atoms with Gasteiger partial charge in [-0.3, -0.25) is 4.90 Å². The van der Waals surface area contributed by atoms with Crippen LogP contribution in [0, 0.1) is 5.92 Å². The summed E-state index contributed by atoms with van der Waals surface area (Å²) in [5.41, 5.74) is 0. The maximum Gasteiger partial charge on any atom is 0.0160 e. The molecule has 2 atom stereocenters. The van der Waals surface area contributed by atoms with Crippen molar-refractivity contribution in [1.82, 2.24) is 10.2 Å². The van der Waals surface area contributed by atoms with Crippen LogP contribution in [-0.4, -0.2) is 37.1 Å². The van der Waals surface area contributed by atoms with Crippen LogP contribution < -0.4 is 5.32 Å². The summed E-state index contributed by atoms with van der Waals surface area (Å²) in [6, 6.07) is 1.17. The molecule has 0 aliphatic rings. The second kappa shape index (κ2) is 7.02. The fourth-order valence-corrected chi connectivity index (χ4v) is 1.40. The van der Waals surface area contributed by atoms with E-state index in [9.17, 15) is 0 Å². The molecule has 0 aromatic carbocycles. The van der Waals surface area contributed by atoms with E-state index in [1.54, 1.807) is 0 Å². The zero-order chi connectivity index (χ0) is 11.1. The number of nitrogens with zero attached hydrogens (tertiary/aromatic N) is 1. The Labute approximate surface area is 89.4 Å². The molecule has 0 heterocycles. The molecule has 0 aromatic heterocycles. The topological polar surface area (TPSA) is 15.3 Å². The summed E-state index contributed by atoms with van der Waals surface area (Å²) in [5.74, 6) is 0.669. The minimum absolute atomic E-state index is 0.578. The normalized spacial score (nSPS) is 15.9. The molecule has 0 saturated heterocycles. The van der Waals surface area contributed by atoms with E-state index in [-0.39, 0.29) is 0 Å². The maximum atomic E-state index is 3.76. The van der Waals surface area contributed by atoms with Crippen molar-refractivity contribution in [3.05, 3.63) is 12.7 Å². The highest BCUT2D eigenvalue weighted by Gasteiger charge is 2.15. The van der Waals surface area contributed by atoms with Crippen molar-refractivity contribution in [2.45, 2.75) is 39.8 Å². The number of likely N-dealkylation sites (N-methyl/N-ethyl adjacent to an activating group) is 1. The number of rotatable bonds is 7. The first kappa shape index (κ1) is 13.7.